The van der Waals surface area contributed by atoms with Gasteiger partial charge in [0.2, 0.25) is 10.0 Å². The number of ether oxygens (including phenoxy) is 1. The maximum atomic E-state index is 12.3. The lowest BCUT2D eigenvalue weighted by molar-refractivity contribution is -0.143. The normalized spacial score (nSPS) is 13.4. The summed E-state index contributed by atoms with van der Waals surface area (Å²) in [5.41, 5.74) is 5.60. The van der Waals surface area contributed by atoms with Crippen LogP contribution in [-0.4, -0.2) is 37.3 Å². The Balaban J connectivity index is 3.09. The van der Waals surface area contributed by atoms with Gasteiger partial charge in [-0.05, 0) is 12.8 Å². The van der Waals surface area contributed by atoms with Gasteiger partial charge in [-0.2, -0.15) is 9.82 Å². The Bertz CT molecular complexity index is 579. The zero-order valence-electron chi connectivity index (χ0n) is 12.0. The van der Waals surface area contributed by atoms with Crippen molar-refractivity contribution in [2.24, 2.45) is 5.92 Å². The number of nitrogens with zero attached hydrogens (tertiary/aromatic N) is 2. The highest BCUT2D eigenvalue weighted by Crippen LogP contribution is 2.18. The number of esters is 1. The lowest BCUT2D eigenvalue weighted by Gasteiger charge is -2.19. The molecule has 0 aliphatic heterocycles. The number of nitrogen functional groups attached to an aromatic ring is 1. The van der Waals surface area contributed by atoms with E-state index in [1.807, 2.05) is 6.92 Å². The molecule has 1 unspecified atom stereocenters. The molecule has 1 atom stereocenters. The number of anilines is 1. The number of nitrogens with two attached hydrogens (primary N) is 1. The Morgan fingerprint density at radius 2 is 2.15 bits per heavy atom. The van der Waals surface area contributed by atoms with E-state index in [2.05, 4.69) is 14.6 Å². The van der Waals surface area contributed by atoms with Gasteiger partial charge in [0.05, 0.1) is 7.11 Å². The maximum absolute atomic E-state index is 12.3. The molecular weight excluding hydrogens is 284 g/mol. The molecule has 1 aromatic rings. The van der Waals surface area contributed by atoms with Crippen LogP contribution in [0.1, 0.15) is 20.8 Å². The topological polar surface area (TPSA) is 116 Å². The van der Waals surface area contributed by atoms with E-state index in [-0.39, 0.29) is 16.6 Å². The molecule has 114 valence electrons. The van der Waals surface area contributed by atoms with Gasteiger partial charge < -0.3 is 10.5 Å². The van der Waals surface area contributed by atoms with Crippen LogP contribution < -0.4 is 10.5 Å². The van der Waals surface area contributed by atoms with Crippen LogP contribution in [0.5, 0.6) is 0 Å². The lowest BCUT2D eigenvalue weighted by Crippen LogP contribution is -2.44. The molecule has 0 bridgehead atoms. The van der Waals surface area contributed by atoms with Crippen molar-refractivity contribution in [1.29, 1.82) is 0 Å². The fourth-order valence-electron chi connectivity index (χ4n) is 1.60. The minimum absolute atomic E-state index is 0.105. The minimum atomic E-state index is -3.94. The van der Waals surface area contributed by atoms with Crippen LogP contribution in [0.15, 0.2) is 11.1 Å². The van der Waals surface area contributed by atoms with Gasteiger partial charge in [0.25, 0.3) is 0 Å². The zero-order chi connectivity index (χ0) is 15.5. The molecule has 1 aromatic heterocycles. The van der Waals surface area contributed by atoms with Crippen molar-refractivity contribution in [3.63, 3.8) is 0 Å². The molecule has 0 spiro atoms. The Morgan fingerprint density at radius 1 is 1.55 bits per heavy atom. The zero-order valence-corrected chi connectivity index (χ0v) is 12.8. The van der Waals surface area contributed by atoms with Gasteiger partial charge in [-0.1, -0.05) is 13.8 Å². The number of aryl methyl sites for hydroxylation is 1. The minimum Gasteiger partial charge on any atom is -0.468 e. The number of sulfonamides is 1. The molecule has 3 N–H and O–H groups in total. The van der Waals surface area contributed by atoms with E-state index in [0.29, 0.717) is 6.54 Å². The smallest absolute Gasteiger partial charge is 0.324 e. The first-order valence-corrected chi connectivity index (χ1v) is 7.64. The molecule has 0 radical (unpaired) electrons. The average molecular weight is 304 g/mol. The van der Waals surface area contributed by atoms with Crippen molar-refractivity contribution in [3.05, 3.63) is 6.20 Å². The maximum Gasteiger partial charge on any atom is 0.324 e. The summed E-state index contributed by atoms with van der Waals surface area (Å²) in [5.74, 6) is -1.02. The lowest BCUT2D eigenvalue weighted by atomic mass is 10.1. The molecule has 9 heteroatoms. The summed E-state index contributed by atoms with van der Waals surface area (Å²) in [5, 5.41) is 3.87. The van der Waals surface area contributed by atoms with Crippen LogP contribution >= 0.6 is 0 Å². The highest BCUT2D eigenvalue weighted by Gasteiger charge is 2.31. The molecule has 1 rings (SSSR count). The second-order valence-corrected chi connectivity index (χ2v) is 6.28. The highest BCUT2D eigenvalue weighted by atomic mass is 32.2. The van der Waals surface area contributed by atoms with E-state index in [1.54, 1.807) is 13.8 Å². The summed E-state index contributed by atoms with van der Waals surface area (Å²) in [6, 6.07) is -0.977. The predicted octanol–water partition coefficient (Wildman–Crippen LogP) is -0.0389. The first kappa shape index (κ1) is 16.4. The number of carbonyl (C=O) groups excluding carboxylic acids is 1. The molecule has 0 aromatic carbocycles. The number of aromatic nitrogens is 2. The summed E-state index contributed by atoms with van der Waals surface area (Å²) in [6.45, 7) is 5.72. The summed E-state index contributed by atoms with van der Waals surface area (Å²) >= 11 is 0. The van der Waals surface area contributed by atoms with E-state index >= 15 is 0 Å². The molecule has 8 nitrogen and oxygen atoms in total. The summed E-state index contributed by atoms with van der Waals surface area (Å²) < 4.78 is 32.8. The number of nitrogens with one attached hydrogen (secondary N) is 1. The van der Waals surface area contributed by atoms with Crippen molar-refractivity contribution in [1.82, 2.24) is 14.5 Å². The third kappa shape index (κ3) is 3.48. The van der Waals surface area contributed by atoms with Gasteiger partial charge >= 0.3 is 5.97 Å². The fourth-order valence-corrected chi connectivity index (χ4v) is 3.01. The average Bonchev–Trinajstić information content (AvgIpc) is 2.77. The third-order valence-electron chi connectivity index (χ3n) is 2.77. The van der Waals surface area contributed by atoms with Gasteiger partial charge in [0.15, 0.2) is 5.82 Å². The summed E-state index contributed by atoms with van der Waals surface area (Å²) in [4.78, 5) is 11.5. The Labute approximate surface area is 118 Å². The van der Waals surface area contributed by atoms with Gasteiger partial charge in [-0.25, -0.2) is 8.42 Å². The number of carbonyl (C=O) groups is 1. The van der Waals surface area contributed by atoms with Gasteiger partial charge in [-0.3, -0.25) is 9.48 Å². The summed E-state index contributed by atoms with van der Waals surface area (Å²) in [6.07, 6.45) is 1.33. The monoisotopic (exact) mass is 304 g/mol. The second kappa shape index (κ2) is 6.23. The van der Waals surface area contributed by atoms with E-state index in [0.717, 1.165) is 0 Å². The standard InChI is InChI=1S/C11H20N4O4S/c1-5-15-6-8(10(12)13-15)20(17,18)14-9(7(2)3)11(16)19-4/h6-7,9,14H,5H2,1-4H3,(H2,12,13). The van der Waals surface area contributed by atoms with E-state index in [9.17, 15) is 13.2 Å². The SMILES string of the molecule is CCn1cc(S(=O)(=O)NC(C(=O)OC)C(C)C)c(N)n1. The van der Waals surface area contributed by atoms with E-state index < -0.39 is 22.0 Å². The molecule has 20 heavy (non-hydrogen) atoms. The molecule has 0 saturated heterocycles. The van der Waals surface area contributed by atoms with Crippen LogP contribution in [0.4, 0.5) is 5.82 Å². The quantitative estimate of drug-likeness (QED) is 0.712. The van der Waals surface area contributed by atoms with Crippen molar-refractivity contribution in [2.75, 3.05) is 12.8 Å². The molecule has 0 aliphatic carbocycles. The van der Waals surface area contributed by atoms with Crippen LogP contribution in [-0.2, 0) is 26.1 Å². The Morgan fingerprint density at radius 3 is 2.55 bits per heavy atom. The van der Waals surface area contributed by atoms with Crippen molar-refractivity contribution in [2.45, 2.75) is 38.3 Å². The van der Waals surface area contributed by atoms with Crippen molar-refractivity contribution < 1.29 is 17.9 Å². The first-order valence-electron chi connectivity index (χ1n) is 6.16. The van der Waals surface area contributed by atoms with Gasteiger partial charge in [0, 0.05) is 12.7 Å². The van der Waals surface area contributed by atoms with Crippen molar-refractivity contribution >= 4 is 21.8 Å². The number of rotatable bonds is 6. The van der Waals surface area contributed by atoms with Crippen LogP contribution in [0.2, 0.25) is 0 Å². The number of hydrogen-bond acceptors (Lipinski definition) is 6. The molecule has 1 heterocycles. The van der Waals surface area contributed by atoms with Crippen LogP contribution in [0.25, 0.3) is 0 Å². The highest BCUT2D eigenvalue weighted by molar-refractivity contribution is 7.89. The fraction of sp³-hybridized carbons (Fsp3) is 0.636. The number of hydrogen-bond donors (Lipinski definition) is 2. The van der Waals surface area contributed by atoms with Crippen molar-refractivity contribution in [3.8, 4) is 0 Å². The second-order valence-electron chi connectivity index (χ2n) is 4.60. The van der Waals surface area contributed by atoms with Gasteiger partial charge in [0.1, 0.15) is 10.9 Å². The molecule has 0 aliphatic rings. The molecule has 0 saturated carbocycles. The predicted molar refractivity (Wildman–Crippen MR) is 73.3 cm³/mol. The molecular formula is C11H20N4O4S. The van der Waals surface area contributed by atoms with Crippen LogP contribution in [0.3, 0.4) is 0 Å². The molecule has 0 fully saturated rings. The third-order valence-corrected chi connectivity index (χ3v) is 4.23. The first-order chi connectivity index (χ1) is 9.22. The largest absolute Gasteiger partial charge is 0.468 e. The Hall–Kier alpha value is -1.61. The van der Waals surface area contributed by atoms with Crippen LogP contribution in [0, 0.1) is 5.92 Å². The summed E-state index contributed by atoms with van der Waals surface area (Å²) in [7, 11) is -2.73. The molecule has 0 amide bonds. The van der Waals surface area contributed by atoms with E-state index in [1.165, 1.54) is 18.0 Å². The Kier molecular flexibility index (Phi) is 5.12. The number of methoxy groups -OCH3 is 1. The van der Waals surface area contributed by atoms with E-state index in [4.69, 9.17) is 5.73 Å². The van der Waals surface area contributed by atoms with Gasteiger partial charge in [-0.15, -0.1) is 0 Å².